The summed E-state index contributed by atoms with van der Waals surface area (Å²) >= 11 is 0. The van der Waals surface area contributed by atoms with Crippen LogP contribution in [0.5, 0.6) is 5.75 Å². The Hall–Kier alpha value is -2.31. The molecule has 0 amide bonds. The fourth-order valence-corrected chi connectivity index (χ4v) is 1.43. The maximum Gasteiger partial charge on any atom is 0.573 e. The largest absolute Gasteiger partial charge is 0.573 e. The van der Waals surface area contributed by atoms with Crippen LogP contribution in [0.15, 0.2) is 36.7 Å². The Bertz CT molecular complexity index is 557. The van der Waals surface area contributed by atoms with Gasteiger partial charge in [0.2, 0.25) is 0 Å². The quantitative estimate of drug-likeness (QED) is 0.896. The van der Waals surface area contributed by atoms with Crippen molar-refractivity contribution >= 4 is 5.82 Å². The number of aromatic nitrogens is 2. The van der Waals surface area contributed by atoms with Crippen LogP contribution in [0.4, 0.5) is 19.0 Å². The van der Waals surface area contributed by atoms with Crippen LogP contribution < -0.4 is 10.5 Å². The molecule has 0 aliphatic heterocycles. The Balaban J connectivity index is 2.49. The number of hydrogen-bond donors (Lipinski definition) is 1. The summed E-state index contributed by atoms with van der Waals surface area (Å²) in [6.45, 7) is 0. The number of nitrogen functional groups attached to an aromatic ring is 1. The smallest absolute Gasteiger partial charge is 0.405 e. The highest BCUT2D eigenvalue weighted by Crippen LogP contribution is 2.34. The van der Waals surface area contributed by atoms with Gasteiger partial charge in [0.1, 0.15) is 17.3 Å². The topological polar surface area (TPSA) is 61.0 Å². The van der Waals surface area contributed by atoms with E-state index in [2.05, 4.69) is 14.7 Å². The van der Waals surface area contributed by atoms with Gasteiger partial charge >= 0.3 is 6.36 Å². The number of alkyl halides is 3. The molecule has 0 aliphatic carbocycles. The maximum absolute atomic E-state index is 12.2. The molecule has 0 spiro atoms. The van der Waals surface area contributed by atoms with Crippen molar-refractivity contribution < 1.29 is 17.9 Å². The molecule has 2 aromatic rings. The van der Waals surface area contributed by atoms with Crippen LogP contribution in [0.3, 0.4) is 0 Å². The summed E-state index contributed by atoms with van der Waals surface area (Å²) in [7, 11) is 0. The molecule has 0 aliphatic rings. The first-order valence-electron chi connectivity index (χ1n) is 4.89. The zero-order chi connectivity index (χ0) is 13.2. The van der Waals surface area contributed by atoms with Crippen LogP contribution >= 0.6 is 0 Å². The third kappa shape index (κ3) is 2.68. The maximum atomic E-state index is 12.2. The predicted octanol–water partition coefficient (Wildman–Crippen LogP) is 2.62. The van der Waals surface area contributed by atoms with Crippen molar-refractivity contribution in [3.05, 3.63) is 36.7 Å². The van der Waals surface area contributed by atoms with Gasteiger partial charge in [0.05, 0.1) is 0 Å². The first-order valence-corrected chi connectivity index (χ1v) is 4.89. The van der Waals surface area contributed by atoms with Gasteiger partial charge in [0.25, 0.3) is 0 Å². The molecule has 0 unspecified atom stereocenters. The molecule has 1 heterocycles. The number of ether oxygens (including phenoxy) is 1. The third-order valence-corrected chi connectivity index (χ3v) is 2.09. The van der Waals surface area contributed by atoms with E-state index in [-0.39, 0.29) is 22.8 Å². The van der Waals surface area contributed by atoms with E-state index in [0.717, 1.165) is 0 Å². The Morgan fingerprint density at radius 2 is 1.72 bits per heavy atom. The number of hydrogen-bond acceptors (Lipinski definition) is 4. The van der Waals surface area contributed by atoms with E-state index in [1.165, 1.54) is 30.6 Å². The average Bonchev–Trinajstić information content (AvgIpc) is 2.29. The molecule has 0 saturated carbocycles. The molecule has 1 aromatic heterocycles. The molecule has 1 aromatic carbocycles. The van der Waals surface area contributed by atoms with Crippen molar-refractivity contribution in [1.82, 2.24) is 9.97 Å². The molecule has 0 radical (unpaired) electrons. The minimum Gasteiger partial charge on any atom is -0.405 e. The first kappa shape index (κ1) is 12.2. The van der Waals surface area contributed by atoms with Gasteiger partial charge in [-0.3, -0.25) is 4.98 Å². The van der Waals surface area contributed by atoms with E-state index < -0.39 is 6.36 Å². The normalized spacial score (nSPS) is 11.3. The summed E-state index contributed by atoms with van der Waals surface area (Å²) in [6, 6.07) is 5.61. The summed E-state index contributed by atoms with van der Waals surface area (Å²) in [5, 5.41) is 0. The number of nitrogens with zero attached hydrogens (tertiary/aromatic N) is 2. The Morgan fingerprint density at radius 3 is 2.39 bits per heavy atom. The highest BCUT2D eigenvalue weighted by Gasteiger charge is 2.32. The van der Waals surface area contributed by atoms with Crippen LogP contribution in [-0.4, -0.2) is 16.3 Å². The van der Waals surface area contributed by atoms with E-state index in [1.54, 1.807) is 6.07 Å². The number of anilines is 1. The highest BCUT2D eigenvalue weighted by atomic mass is 19.4. The lowest BCUT2D eigenvalue weighted by Crippen LogP contribution is -2.17. The molecule has 0 bridgehead atoms. The fraction of sp³-hybridized carbons (Fsp3) is 0.0909. The fourth-order valence-electron chi connectivity index (χ4n) is 1.43. The van der Waals surface area contributed by atoms with E-state index in [9.17, 15) is 13.2 Å². The summed E-state index contributed by atoms with van der Waals surface area (Å²) in [5.41, 5.74) is 5.86. The van der Waals surface area contributed by atoms with Crippen molar-refractivity contribution in [2.45, 2.75) is 6.36 Å². The molecule has 0 saturated heterocycles. The lowest BCUT2D eigenvalue weighted by molar-refractivity contribution is -0.274. The number of benzene rings is 1. The third-order valence-electron chi connectivity index (χ3n) is 2.09. The van der Waals surface area contributed by atoms with Crippen molar-refractivity contribution in [3.63, 3.8) is 0 Å². The monoisotopic (exact) mass is 255 g/mol. The van der Waals surface area contributed by atoms with Gasteiger partial charge < -0.3 is 10.5 Å². The molecule has 94 valence electrons. The molecular formula is C11H8F3N3O. The summed E-state index contributed by atoms with van der Waals surface area (Å²) < 4.78 is 40.7. The zero-order valence-corrected chi connectivity index (χ0v) is 8.98. The molecule has 0 fully saturated rings. The van der Waals surface area contributed by atoms with Gasteiger partial charge in [0.15, 0.2) is 0 Å². The van der Waals surface area contributed by atoms with Gasteiger partial charge in [0, 0.05) is 18.0 Å². The van der Waals surface area contributed by atoms with Crippen molar-refractivity contribution in [1.29, 1.82) is 0 Å². The zero-order valence-electron chi connectivity index (χ0n) is 8.98. The Morgan fingerprint density at radius 1 is 1.06 bits per heavy atom. The molecular weight excluding hydrogens is 247 g/mol. The highest BCUT2D eigenvalue weighted by molar-refractivity contribution is 5.74. The Labute approximate surface area is 100 Å². The second-order valence-electron chi connectivity index (χ2n) is 3.33. The molecule has 0 atom stereocenters. The van der Waals surface area contributed by atoms with E-state index in [4.69, 9.17) is 5.73 Å². The summed E-state index contributed by atoms with van der Waals surface area (Å²) in [4.78, 5) is 7.68. The second kappa shape index (κ2) is 4.52. The van der Waals surface area contributed by atoms with Gasteiger partial charge in [-0.1, -0.05) is 12.1 Å². The second-order valence-corrected chi connectivity index (χ2v) is 3.33. The van der Waals surface area contributed by atoms with Crippen molar-refractivity contribution in [3.8, 4) is 17.0 Å². The Kier molecular flexibility index (Phi) is 3.05. The van der Waals surface area contributed by atoms with E-state index >= 15 is 0 Å². The lowest BCUT2D eigenvalue weighted by Gasteiger charge is -2.13. The molecule has 18 heavy (non-hydrogen) atoms. The van der Waals surface area contributed by atoms with Crippen LogP contribution in [0.25, 0.3) is 11.3 Å². The average molecular weight is 255 g/mol. The molecule has 2 N–H and O–H groups in total. The molecule has 2 rings (SSSR count). The van der Waals surface area contributed by atoms with Gasteiger partial charge in [-0.25, -0.2) is 4.98 Å². The molecule has 7 heteroatoms. The van der Waals surface area contributed by atoms with Gasteiger partial charge in [-0.05, 0) is 12.1 Å². The van der Waals surface area contributed by atoms with E-state index in [0.29, 0.717) is 0 Å². The van der Waals surface area contributed by atoms with Crippen LogP contribution in [0.2, 0.25) is 0 Å². The van der Waals surface area contributed by atoms with E-state index in [1.807, 2.05) is 0 Å². The predicted molar refractivity (Wildman–Crippen MR) is 58.6 cm³/mol. The van der Waals surface area contributed by atoms with Crippen molar-refractivity contribution in [2.75, 3.05) is 5.73 Å². The minimum atomic E-state index is -4.77. The number of rotatable bonds is 2. The minimum absolute atomic E-state index is 0.0377. The molecule has 4 nitrogen and oxygen atoms in total. The first-order chi connectivity index (χ1) is 8.47. The van der Waals surface area contributed by atoms with Crippen LogP contribution in [0, 0.1) is 0 Å². The van der Waals surface area contributed by atoms with Gasteiger partial charge in [-0.2, -0.15) is 0 Å². The summed E-state index contributed by atoms with van der Waals surface area (Å²) in [5.74, 6) is -0.326. The van der Waals surface area contributed by atoms with Gasteiger partial charge in [-0.15, -0.1) is 13.2 Å². The lowest BCUT2D eigenvalue weighted by atomic mass is 10.1. The standard InChI is InChI=1S/C11H8F3N3O/c12-11(13,14)18-8-4-2-1-3-7(8)9-10(15)17-6-5-16-9/h1-6H,(H2,15,17). The van der Waals surface area contributed by atoms with Crippen LogP contribution in [-0.2, 0) is 0 Å². The SMILES string of the molecule is Nc1nccnc1-c1ccccc1OC(F)(F)F. The number of nitrogens with two attached hydrogens (primary N) is 1. The summed E-state index contributed by atoms with van der Waals surface area (Å²) in [6.07, 6.45) is -2.07. The number of para-hydroxylation sites is 1. The number of halogens is 3. The van der Waals surface area contributed by atoms with Crippen molar-refractivity contribution in [2.24, 2.45) is 0 Å². The van der Waals surface area contributed by atoms with Crippen LogP contribution in [0.1, 0.15) is 0 Å².